The van der Waals surface area contributed by atoms with E-state index >= 15 is 0 Å². The van der Waals surface area contributed by atoms with Gasteiger partial charge in [-0.3, -0.25) is 4.98 Å². The van der Waals surface area contributed by atoms with Crippen molar-refractivity contribution in [3.05, 3.63) is 132 Å². The third-order valence-corrected chi connectivity index (χ3v) is 9.02. The van der Waals surface area contributed by atoms with Crippen molar-refractivity contribution in [3.63, 3.8) is 0 Å². The number of pyridine rings is 1. The third kappa shape index (κ3) is 4.36. The predicted octanol–water partition coefficient (Wildman–Crippen LogP) is 10.2. The minimum absolute atomic E-state index is 0.622. The van der Waals surface area contributed by atoms with Gasteiger partial charge in [0.1, 0.15) is 0 Å². The molecule has 0 bridgehead atoms. The van der Waals surface area contributed by atoms with Crippen LogP contribution in [-0.2, 0) is 0 Å². The molecular formula is C36H21BrN4S. The Bertz CT molecular complexity index is 2270. The van der Waals surface area contributed by atoms with Gasteiger partial charge in [-0.25, -0.2) is 15.0 Å². The van der Waals surface area contributed by atoms with Crippen molar-refractivity contribution in [2.45, 2.75) is 0 Å². The number of benzene rings is 5. The summed E-state index contributed by atoms with van der Waals surface area (Å²) in [5, 5.41) is 3.49. The molecule has 0 aliphatic heterocycles. The number of hydrogen-bond acceptors (Lipinski definition) is 5. The molecule has 0 N–H and O–H groups in total. The second kappa shape index (κ2) is 10.2. The van der Waals surface area contributed by atoms with Crippen LogP contribution in [0.15, 0.2) is 132 Å². The Kier molecular flexibility index (Phi) is 6.09. The lowest BCUT2D eigenvalue weighted by Gasteiger charge is -2.12. The van der Waals surface area contributed by atoms with E-state index in [0.29, 0.717) is 17.5 Å². The molecule has 0 radical (unpaired) electrons. The third-order valence-electron chi connectivity index (χ3n) is 7.42. The summed E-state index contributed by atoms with van der Waals surface area (Å²) in [6.07, 6.45) is 1.83. The second-order valence-electron chi connectivity index (χ2n) is 10.1. The molecule has 3 aromatic heterocycles. The number of thiophene rings is 1. The molecule has 8 rings (SSSR count). The van der Waals surface area contributed by atoms with Gasteiger partial charge in [-0.15, -0.1) is 11.3 Å². The molecule has 6 heteroatoms. The highest BCUT2D eigenvalue weighted by Gasteiger charge is 2.18. The van der Waals surface area contributed by atoms with E-state index in [1.165, 1.54) is 20.2 Å². The van der Waals surface area contributed by atoms with Crippen LogP contribution < -0.4 is 0 Å². The molecule has 198 valence electrons. The summed E-state index contributed by atoms with van der Waals surface area (Å²) < 4.78 is 3.41. The van der Waals surface area contributed by atoms with E-state index in [-0.39, 0.29) is 0 Å². The quantitative estimate of drug-likeness (QED) is 0.196. The van der Waals surface area contributed by atoms with Gasteiger partial charge >= 0.3 is 0 Å². The average molecular weight is 622 g/mol. The molecule has 0 spiro atoms. The lowest BCUT2D eigenvalue weighted by atomic mass is 9.98. The summed E-state index contributed by atoms with van der Waals surface area (Å²) in [4.78, 5) is 19.7. The summed E-state index contributed by atoms with van der Waals surface area (Å²) in [6.45, 7) is 0. The van der Waals surface area contributed by atoms with Gasteiger partial charge in [-0.05, 0) is 53.6 Å². The van der Waals surface area contributed by atoms with Gasteiger partial charge in [-0.1, -0.05) is 94.8 Å². The van der Waals surface area contributed by atoms with E-state index in [2.05, 4.69) is 93.7 Å². The molecule has 3 heterocycles. The Morgan fingerprint density at radius 2 is 1.19 bits per heavy atom. The molecule has 5 aromatic carbocycles. The van der Waals surface area contributed by atoms with Gasteiger partial charge in [0.05, 0.1) is 5.52 Å². The predicted molar refractivity (Wildman–Crippen MR) is 177 cm³/mol. The van der Waals surface area contributed by atoms with Crippen LogP contribution in [0.3, 0.4) is 0 Å². The average Bonchev–Trinajstić information content (AvgIpc) is 3.43. The van der Waals surface area contributed by atoms with Gasteiger partial charge in [0.15, 0.2) is 17.5 Å². The monoisotopic (exact) mass is 620 g/mol. The molecule has 8 aromatic rings. The topological polar surface area (TPSA) is 51.6 Å². The maximum Gasteiger partial charge on any atom is 0.164 e. The first kappa shape index (κ1) is 25.0. The minimum atomic E-state index is 0.622. The molecule has 0 fully saturated rings. The van der Waals surface area contributed by atoms with Gasteiger partial charge in [-0.2, -0.15) is 0 Å². The largest absolute Gasteiger partial charge is 0.256 e. The van der Waals surface area contributed by atoms with Gasteiger partial charge in [0.2, 0.25) is 0 Å². The molecule has 0 saturated carbocycles. The Labute approximate surface area is 254 Å². The molecule has 0 aliphatic rings. The van der Waals surface area contributed by atoms with E-state index < -0.39 is 0 Å². The Balaban J connectivity index is 1.37. The number of fused-ring (bicyclic) bond motifs is 4. The highest BCUT2D eigenvalue weighted by Crippen LogP contribution is 2.40. The van der Waals surface area contributed by atoms with E-state index in [0.717, 1.165) is 43.2 Å². The van der Waals surface area contributed by atoms with E-state index in [4.69, 9.17) is 15.0 Å². The summed E-state index contributed by atoms with van der Waals surface area (Å²) in [7, 11) is 0. The zero-order valence-corrected chi connectivity index (χ0v) is 24.6. The van der Waals surface area contributed by atoms with E-state index in [1.807, 2.05) is 54.7 Å². The number of aromatic nitrogens is 4. The highest BCUT2D eigenvalue weighted by molar-refractivity contribution is 9.10. The van der Waals surface area contributed by atoms with Crippen LogP contribution in [0.5, 0.6) is 0 Å². The summed E-state index contributed by atoms with van der Waals surface area (Å²) in [5.41, 5.74) is 5.98. The van der Waals surface area contributed by atoms with Crippen LogP contribution in [0.2, 0.25) is 0 Å². The Hall–Kier alpha value is -4.78. The van der Waals surface area contributed by atoms with E-state index in [9.17, 15) is 0 Å². The van der Waals surface area contributed by atoms with Crippen molar-refractivity contribution in [1.29, 1.82) is 0 Å². The fourth-order valence-electron chi connectivity index (χ4n) is 5.53. The first-order chi connectivity index (χ1) is 20.7. The number of hydrogen-bond donors (Lipinski definition) is 0. The zero-order valence-electron chi connectivity index (χ0n) is 22.2. The lowest BCUT2D eigenvalue weighted by Crippen LogP contribution is -2.00. The van der Waals surface area contributed by atoms with Crippen LogP contribution in [-0.4, -0.2) is 19.9 Å². The van der Waals surface area contributed by atoms with Crippen LogP contribution >= 0.6 is 27.3 Å². The number of halogens is 1. The Morgan fingerprint density at radius 3 is 2.10 bits per heavy atom. The van der Waals surface area contributed by atoms with Crippen molar-refractivity contribution in [2.24, 2.45) is 0 Å². The normalized spacial score (nSPS) is 11.5. The molecule has 0 atom stereocenters. The van der Waals surface area contributed by atoms with Crippen molar-refractivity contribution >= 4 is 58.3 Å². The molecular weight excluding hydrogens is 600 g/mol. The fourth-order valence-corrected chi connectivity index (χ4v) is 7.16. The first-order valence-electron chi connectivity index (χ1n) is 13.6. The smallest absolute Gasteiger partial charge is 0.164 e. The van der Waals surface area contributed by atoms with Crippen molar-refractivity contribution < 1.29 is 0 Å². The molecule has 0 amide bonds. The SMILES string of the molecule is Brc1cc(-c2nc(-c3ccccc3)nc(-c3cccc4sc5ccccc5c34)n2)cc(-c2cccc3ncccc23)c1. The zero-order chi connectivity index (χ0) is 28.0. The highest BCUT2D eigenvalue weighted by atomic mass is 79.9. The lowest BCUT2D eigenvalue weighted by molar-refractivity contribution is 1.08. The maximum atomic E-state index is 5.12. The van der Waals surface area contributed by atoms with Crippen molar-refractivity contribution in [3.8, 4) is 45.3 Å². The number of rotatable bonds is 4. The standard InChI is InChI=1S/C36H21BrN4S/c37-25-20-23(26-12-6-15-30-27(26)14-8-18-38-30)19-24(21-25)35-39-34(22-9-2-1-3-10-22)40-36(41-35)29-13-7-17-32-33(29)28-11-4-5-16-31(28)42-32/h1-21H. The maximum absolute atomic E-state index is 5.12. The fraction of sp³-hybridized carbons (Fsp3) is 0. The van der Waals surface area contributed by atoms with Crippen LogP contribution in [0.4, 0.5) is 0 Å². The molecule has 0 saturated heterocycles. The summed E-state index contributed by atoms with van der Waals surface area (Å²) in [6, 6.07) is 41.7. The molecule has 0 unspecified atom stereocenters. The summed E-state index contributed by atoms with van der Waals surface area (Å²) >= 11 is 5.56. The van der Waals surface area contributed by atoms with Crippen LogP contribution in [0, 0.1) is 0 Å². The summed E-state index contributed by atoms with van der Waals surface area (Å²) in [5.74, 6) is 1.92. The van der Waals surface area contributed by atoms with Gasteiger partial charge in [0.25, 0.3) is 0 Å². The Morgan fingerprint density at radius 1 is 0.500 bits per heavy atom. The van der Waals surface area contributed by atoms with E-state index in [1.54, 1.807) is 11.3 Å². The minimum Gasteiger partial charge on any atom is -0.256 e. The van der Waals surface area contributed by atoms with Crippen LogP contribution in [0.25, 0.3) is 76.4 Å². The van der Waals surface area contributed by atoms with Crippen LogP contribution in [0.1, 0.15) is 0 Å². The van der Waals surface area contributed by atoms with Gasteiger partial charge in [0, 0.05) is 52.9 Å². The number of nitrogens with zero attached hydrogens (tertiary/aromatic N) is 4. The van der Waals surface area contributed by atoms with Crippen molar-refractivity contribution in [1.82, 2.24) is 19.9 Å². The van der Waals surface area contributed by atoms with Crippen molar-refractivity contribution in [2.75, 3.05) is 0 Å². The second-order valence-corrected chi connectivity index (χ2v) is 12.1. The molecule has 0 aliphatic carbocycles. The first-order valence-corrected chi connectivity index (χ1v) is 15.2. The molecule has 42 heavy (non-hydrogen) atoms. The molecule has 4 nitrogen and oxygen atoms in total. The van der Waals surface area contributed by atoms with Gasteiger partial charge < -0.3 is 0 Å².